The van der Waals surface area contributed by atoms with E-state index in [-0.39, 0.29) is 13.2 Å². The lowest BCUT2D eigenvalue weighted by Crippen LogP contribution is -2.25. The van der Waals surface area contributed by atoms with Gasteiger partial charge in [-0.1, -0.05) is 0 Å². The van der Waals surface area contributed by atoms with Crippen molar-refractivity contribution in [2.45, 2.75) is 5.25 Å². The first-order valence-electron chi connectivity index (χ1n) is 2.80. The Balaban J connectivity index is 3.61. The van der Waals surface area contributed by atoms with Crippen molar-refractivity contribution >= 4 is 11.1 Å². The topological polar surface area (TPSA) is 55.8 Å². The van der Waals surface area contributed by atoms with Crippen LogP contribution in [0.2, 0.25) is 0 Å². The first kappa shape index (κ1) is 10.0. The van der Waals surface area contributed by atoms with Gasteiger partial charge in [0.1, 0.15) is 5.25 Å². The van der Waals surface area contributed by atoms with Crippen molar-refractivity contribution in [3.63, 3.8) is 0 Å². The van der Waals surface area contributed by atoms with E-state index < -0.39 is 16.3 Å². The second-order valence-electron chi connectivity index (χ2n) is 1.81. The van der Waals surface area contributed by atoms with Gasteiger partial charge in [-0.25, -0.2) is 4.21 Å². The van der Waals surface area contributed by atoms with E-state index in [1.807, 2.05) is 0 Å². The van der Waals surface area contributed by atoms with Crippen LogP contribution in [0.4, 0.5) is 0 Å². The zero-order chi connectivity index (χ0) is 7.98. The van der Waals surface area contributed by atoms with Crippen molar-refractivity contribution in [3.05, 3.63) is 0 Å². The molecule has 0 aromatic rings. The standard InChI is InChI=1S/C5H12O4S/c1-8-3-5(4-9-2)10(6)7/h5H,3-4H2,1-2H3,(H,6,7). The fourth-order valence-electron chi connectivity index (χ4n) is 0.536. The van der Waals surface area contributed by atoms with Crippen molar-refractivity contribution in [3.8, 4) is 0 Å². The summed E-state index contributed by atoms with van der Waals surface area (Å²) in [4.78, 5) is 0. The second kappa shape index (κ2) is 5.79. The number of hydrogen-bond donors (Lipinski definition) is 1. The van der Waals surface area contributed by atoms with Crippen LogP contribution in [0.1, 0.15) is 0 Å². The number of methoxy groups -OCH3 is 2. The van der Waals surface area contributed by atoms with Gasteiger partial charge in [-0.05, 0) is 0 Å². The molecule has 0 fully saturated rings. The van der Waals surface area contributed by atoms with Gasteiger partial charge >= 0.3 is 0 Å². The molecule has 0 aromatic carbocycles. The van der Waals surface area contributed by atoms with E-state index in [0.717, 1.165) is 0 Å². The maximum atomic E-state index is 10.4. The zero-order valence-corrected chi connectivity index (χ0v) is 6.89. The van der Waals surface area contributed by atoms with Crippen LogP contribution in [0.25, 0.3) is 0 Å². The Morgan fingerprint density at radius 2 is 1.80 bits per heavy atom. The van der Waals surface area contributed by atoms with Gasteiger partial charge in [0.2, 0.25) is 0 Å². The zero-order valence-electron chi connectivity index (χ0n) is 6.07. The molecule has 0 aliphatic heterocycles. The summed E-state index contributed by atoms with van der Waals surface area (Å²) in [6, 6.07) is 0. The molecule has 1 unspecified atom stereocenters. The lowest BCUT2D eigenvalue weighted by Gasteiger charge is -2.09. The molecule has 10 heavy (non-hydrogen) atoms. The molecule has 62 valence electrons. The fourth-order valence-corrected chi connectivity index (χ4v) is 1.04. The van der Waals surface area contributed by atoms with Gasteiger partial charge in [0.25, 0.3) is 0 Å². The largest absolute Gasteiger partial charge is 0.383 e. The Bertz CT molecular complexity index is 99.8. The molecule has 0 aromatic heterocycles. The SMILES string of the molecule is COCC(COC)S(=O)O. The van der Waals surface area contributed by atoms with Gasteiger partial charge in [0.15, 0.2) is 11.1 Å². The van der Waals surface area contributed by atoms with Crippen molar-refractivity contribution in [2.24, 2.45) is 0 Å². The van der Waals surface area contributed by atoms with Crippen LogP contribution in [-0.2, 0) is 20.6 Å². The average Bonchev–Trinajstić information content (AvgIpc) is 1.87. The maximum Gasteiger partial charge on any atom is 0.160 e. The molecule has 0 spiro atoms. The van der Waals surface area contributed by atoms with Crippen molar-refractivity contribution in [1.82, 2.24) is 0 Å². The summed E-state index contributed by atoms with van der Waals surface area (Å²) < 4.78 is 28.4. The van der Waals surface area contributed by atoms with Crippen LogP contribution >= 0.6 is 0 Å². The summed E-state index contributed by atoms with van der Waals surface area (Å²) in [6.07, 6.45) is 0. The minimum absolute atomic E-state index is 0.247. The molecule has 0 aliphatic rings. The quantitative estimate of drug-likeness (QED) is 0.581. The van der Waals surface area contributed by atoms with Gasteiger partial charge in [0.05, 0.1) is 13.2 Å². The van der Waals surface area contributed by atoms with E-state index in [1.165, 1.54) is 14.2 Å². The lowest BCUT2D eigenvalue weighted by atomic mass is 10.5. The minimum Gasteiger partial charge on any atom is -0.383 e. The van der Waals surface area contributed by atoms with E-state index >= 15 is 0 Å². The van der Waals surface area contributed by atoms with Crippen LogP contribution in [-0.4, -0.2) is 41.4 Å². The molecule has 0 bridgehead atoms. The van der Waals surface area contributed by atoms with Crippen LogP contribution in [0.5, 0.6) is 0 Å². The summed E-state index contributed by atoms with van der Waals surface area (Å²) in [5, 5.41) is -0.435. The van der Waals surface area contributed by atoms with E-state index in [4.69, 9.17) is 4.55 Å². The molecular weight excluding hydrogens is 156 g/mol. The summed E-state index contributed by atoms with van der Waals surface area (Å²) in [5.74, 6) is 0. The minimum atomic E-state index is -1.85. The maximum absolute atomic E-state index is 10.4. The predicted molar refractivity (Wildman–Crippen MR) is 38.3 cm³/mol. The molecular formula is C5H12O4S. The highest BCUT2D eigenvalue weighted by Gasteiger charge is 2.13. The first-order chi connectivity index (χ1) is 4.72. The monoisotopic (exact) mass is 168 g/mol. The van der Waals surface area contributed by atoms with E-state index in [9.17, 15) is 4.21 Å². The molecule has 0 saturated heterocycles. The Hall–Kier alpha value is 0.0300. The normalized spacial score (nSPS) is 14.0. The van der Waals surface area contributed by atoms with Gasteiger partial charge in [-0.3, -0.25) is 0 Å². The molecule has 0 heterocycles. The highest BCUT2D eigenvalue weighted by molar-refractivity contribution is 7.79. The summed E-state index contributed by atoms with van der Waals surface area (Å²) in [6.45, 7) is 0.494. The third-order valence-electron chi connectivity index (χ3n) is 0.990. The molecule has 5 heteroatoms. The molecule has 0 saturated carbocycles. The fraction of sp³-hybridized carbons (Fsp3) is 1.00. The second-order valence-corrected chi connectivity index (χ2v) is 3.03. The van der Waals surface area contributed by atoms with Crippen molar-refractivity contribution < 1.29 is 18.2 Å². The highest BCUT2D eigenvalue weighted by atomic mass is 32.2. The van der Waals surface area contributed by atoms with E-state index in [1.54, 1.807) is 0 Å². The van der Waals surface area contributed by atoms with Crippen LogP contribution in [0.15, 0.2) is 0 Å². The van der Waals surface area contributed by atoms with Crippen molar-refractivity contribution in [1.29, 1.82) is 0 Å². The van der Waals surface area contributed by atoms with Crippen molar-refractivity contribution in [2.75, 3.05) is 27.4 Å². The Morgan fingerprint density at radius 3 is 2.00 bits per heavy atom. The number of ether oxygens (including phenoxy) is 2. The number of hydrogen-bond acceptors (Lipinski definition) is 3. The summed E-state index contributed by atoms with van der Waals surface area (Å²) in [5.41, 5.74) is 0. The third kappa shape index (κ3) is 3.94. The Kier molecular flexibility index (Phi) is 5.81. The van der Waals surface area contributed by atoms with E-state index in [0.29, 0.717) is 0 Å². The first-order valence-corrected chi connectivity index (χ1v) is 3.97. The molecule has 0 rings (SSSR count). The third-order valence-corrected chi connectivity index (χ3v) is 1.83. The molecule has 4 nitrogen and oxygen atoms in total. The molecule has 1 atom stereocenters. The van der Waals surface area contributed by atoms with Gasteiger partial charge < -0.3 is 14.0 Å². The molecule has 0 radical (unpaired) electrons. The van der Waals surface area contributed by atoms with E-state index in [2.05, 4.69) is 9.47 Å². The Morgan fingerprint density at radius 1 is 1.40 bits per heavy atom. The summed E-state index contributed by atoms with van der Waals surface area (Å²) >= 11 is -1.85. The van der Waals surface area contributed by atoms with Gasteiger partial charge in [0, 0.05) is 14.2 Å². The van der Waals surface area contributed by atoms with Crippen LogP contribution in [0, 0.1) is 0 Å². The predicted octanol–water partition coefficient (Wildman–Crippen LogP) is -0.130. The highest BCUT2D eigenvalue weighted by Crippen LogP contribution is 1.94. The molecule has 0 aliphatic carbocycles. The smallest absolute Gasteiger partial charge is 0.160 e. The van der Waals surface area contributed by atoms with Crippen LogP contribution in [0.3, 0.4) is 0 Å². The van der Waals surface area contributed by atoms with Crippen LogP contribution < -0.4 is 0 Å². The van der Waals surface area contributed by atoms with Gasteiger partial charge in [-0.15, -0.1) is 0 Å². The lowest BCUT2D eigenvalue weighted by molar-refractivity contribution is 0.140. The summed E-state index contributed by atoms with van der Waals surface area (Å²) in [7, 11) is 2.96. The molecule has 1 N–H and O–H groups in total. The Labute approximate surface area is 62.8 Å². The van der Waals surface area contributed by atoms with Gasteiger partial charge in [-0.2, -0.15) is 0 Å². The number of rotatable bonds is 5. The average molecular weight is 168 g/mol. The molecule has 0 amide bonds.